The number of rotatable bonds is 42. The van der Waals surface area contributed by atoms with Gasteiger partial charge in [-0.05, 0) is 91.5 Å². The van der Waals surface area contributed by atoms with Crippen molar-refractivity contribution in [2.45, 2.75) is 203 Å². The Hall–Kier alpha value is -9.67. The van der Waals surface area contributed by atoms with Crippen LogP contribution in [0, 0.1) is 0 Å². The molecule has 0 aliphatic carbocycles. The van der Waals surface area contributed by atoms with Crippen LogP contribution in [0.15, 0.2) is 346 Å². The van der Waals surface area contributed by atoms with E-state index >= 15 is 4.79 Å². The van der Waals surface area contributed by atoms with Crippen molar-refractivity contribution in [2.75, 3.05) is 27.1 Å². The van der Waals surface area contributed by atoms with E-state index in [1.807, 2.05) is 285 Å². The highest BCUT2D eigenvalue weighted by Gasteiger charge is 2.64. The summed E-state index contributed by atoms with van der Waals surface area (Å²) in [5.41, 5.74) is 8.00. The Kier molecular flexibility index (Phi) is 31.8. The first-order valence-corrected chi connectivity index (χ1v) is 45.0. The van der Waals surface area contributed by atoms with E-state index in [0.29, 0.717) is 0 Å². The summed E-state index contributed by atoms with van der Waals surface area (Å²) in [6.07, 6.45) is -13.5. The van der Waals surface area contributed by atoms with E-state index in [9.17, 15) is 0 Å². The van der Waals surface area contributed by atoms with Crippen LogP contribution in [0.25, 0.3) is 0 Å². The van der Waals surface area contributed by atoms with Gasteiger partial charge in [-0.2, -0.15) is 0 Å². The summed E-state index contributed by atoms with van der Waals surface area (Å²) in [6, 6.07) is 110. The number of hydrogen-bond donors (Lipinski definition) is 0. The minimum Gasteiger partial charge on any atom is -0.405 e. The summed E-state index contributed by atoms with van der Waals surface area (Å²) < 4.78 is 131. The number of carbonyl (C=O) groups excluding carboxylic acids is 1. The Morgan fingerprint density at radius 1 is 0.368 bits per heavy atom. The third-order valence-electron chi connectivity index (χ3n) is 23.0. The Morgan fingerprint density at radius 3 is 1.11 bits per heavy atom. The summed E-state index contributed by atoms with van der Waals surface area (Å²) in [7, 11) is -1.81. The smallest absolute Gasteiger partial charge is 0.261 e. The lowest BCUT2D eigenvalue weighted by atomic mass is 9.90. The number of ether oxygens (including phenoxy) is 17. The van der Waals surface area contributed by atoms with Crippen LogP contribution in [0.5, 0.6) is 0 Å². The van der Waals surface area contributed by atoms with E-state index in [1.54, 1.807) is 27.0 Å². The number of methoxy groups -OCH3 is 1. The average molecular weight is 1710 g/mol. The zero-order chi connectivity index (χ0) is 86.1. The van der Waals surface area contributed by atoms with Crippen molar-refractivity contribution >= 4 is 24.5 Å². The van der Waals surface area contributed by atoms with Crippen LogP contribution in [0.1, 0.15) is 84.7 Å². The summed E-state index contributed by atoms with van der Waals surface area (Å²) in [6.45, 7) is 10.8. The van der Waals surface area contributed by atoms with E-state index in [1.165, 1.54) is 6.08 Å². The second-order valence-electron chi connectivity index (χ2n) is 33.4. The topological polar surface area (TPSA) is 183 Å². The normalized spacial score (nSPS) is 25.1. The molecule has 0 spiro atoms. The molecule has 4 saturated heterocycles. The van der Waals surface area contributed by atoms with Gasteiger partial charge in [0.15, 0.2) is 30.3 Å². The second kappa shape index (κ2) is 44.2. The largest absolute Gasteiger partial charge is 0.405 e. The molecule has 0 bridgehead atoms. The molecule has 125 heavy (non-hydrogen) atoms. The van der Waals surface area contributed by atoms with Crippen molar-refractivity contribution in [1.29, 1.82) is 0 Å². The molecule has 11 aromatic rings. The van der Waals surface area contributed by atoms with Crippen molar-refractivity contribution in [1.82, 2.24) is 0 Å². The molecule has 0 saturated carbocycles. The summed E-state index contributed by atoms with van der Waals surface area (Å²) in [4.78, 5) is 16.4. The van der Waals surface area contributed by atoms with Crippen LogP contribution in [0.2, 0.25) is 5.04 Å². The minimum absolute atomic E-state index is 0.0225. The molecule has 0 N–H and O–H groups in total. The van der Waals surface area contributed by atoms with E-state index in [0.717, 1.165) is 60.4 Å². The molecule has 20 heteroatoms. The van der Waals surface area contributed by atoms with Crippen LogP contribution >= 0.6 is 0 Å². The van der Waals surface area contributed by atoms with Gasteiger partial charge in [0.25, 0.3) is 8.32 Å². The van der Waals surface area contributed by atoms with E-state index < -0.39 is 123 Å². The maximum absolute atomic E-state index is 16.4. The Labute approximate surface area is 735 Å². The fourth-order valence-corrected chi connectivity index (χ4v) is 21.5. The molecule has 11 aromatic carbocycles. The first-order valence-electron chi connectivity index (χ1n) is 43.1. The van der Waals surface area contributed by atoms with Crippen molar-refractivity contribution in [3.63, 3.8) is 0 Å². The second-order valence-corrected chi connectivity index (χ2v) is 37.7. The fourth-order valence-electron chi connectivity index (χ4n) is 16.9. The number of carbonyl (C=O) groups is 1. The third-order valence-corrected chi connectivity index (χ3v) is 28.0. The molecule has 4 aliphatic heterocycles. The first kappa shape index (κ1) is 90.1. The van der Waals surface area contributed by atoms with Crippen LogP contribution in [0.3, 0.4) is 0 Å². The number of ketones is 1. The van der Waals surface area contributed by atoms with E-state index in [2.05, 4.69) is 69.3 Å². The molecule has 4 fully saturated rings. The van der Waals surface area contributed by atoms with Crippen LogP contribution in [-0.4, -0.2) is 145 Å². The van der Waals surface area contributed by atoms with Gasteiger partial charge < -0.3 is 85.0 Å². The molecule has 4 heterocycles. The molecule has 4 aliphatic rings. The quantitative estimate of drug-likeness (QED) is 0.0152. The van der Waals surface area contributed by atoms with Gasteiger partial charge in [-0.25, -0.2) is 0 Å². The standard InChI is InChI=1S/C105H114O19Si/c1-103(2,3)125(85-58-36-16-37-59-85,86-60-38-17-39-61-86)118-73-89-92(111-66-78-44-22-9-23-45-78)100(117-72-84-56-34-15-35-57-84)105(121-89,74-109-75-108-64-76-40-18-7-19-41-76)124-102-99(116-71-83-54-32-14-33-55-83)93(112-67-79-46-24-10-25-47-79)91(110-65-77-42-20-8-21-43-77)88(119-102)63-62-87(106)90-97(123-104(4,5)122-90)96-94(113-68-80-48-26-11-27-49-80)95(114-69-81-50-28-12-29-51-81)98(101(107-6)120-96)115-70-82-52-30-13-31-53-82/h7-63,88-102H,64-75H2,1-6H3/b63-62+/t88-,89-,90?,91-,92-,93+,94+,95+,96+,97-,98-,99-,100+,101+,102-,105+/m1/s1. The third kappa shape index (κ3) is 23.6. The monoisotopic (exact) mass is 1710 g/mol. The highest BCUT2D eigenvalue weighted by atomic mass is 28.4. The average Bonchev–Trinajstić information content (AvgIpc) is 1.59. The molecule has 1 unspecified atom stereocenters. The molecule has 0 radical (unpaired) electrons. The molecular weight excluding hydrogens is 1590 g/mol. The Bertz CT molecular complexity index is 4960. The SMILES string of the molecule is CO[C@H]1O[C@H]([C@@H]2OC(C)(C)OC2C(=O)/C=C/[C@H]2O[C@H](O[C@]3(COCOCc4ccccc4)O[C@H](CO[Si](c4ccccc4)(c4ccccc4)C(C)(C)C)[C@@H](OCc4ccccc4)[C@@H]3OCc3ccccc3)[C@H](OCc3ccccc3)[C@@H](OCc3ccccc3)[C@@H]2OCc2ccccc2)[C@@H](OCc2ccccc2)[C@H](OCc2ccccc2)[C@H]1OCc1ccccc1. The molecule has 0 aromatic heterocycles. The zero-order valence-corrected chi connectivity index (χ0v) is 72.8. The van der Waals surface area contributed by atoms with Gasteiger partial charge in [0, 0.05) is 7.11 Å². The van der Waals surface area contributed by atoms with E-state index in [-0.39, 0.29) is 79.5 Å². The predicted molar refractivity (Wildman–Crippen MR) is 477 cm³/mol. The predicted octanol–water partition coefficient (Wildman–Crippen LogP) is 17.3. The summed E-state index contributed by atoms with van der Waals surface area (Å²) >= 11 is 0. The van der Waals surface area contributed by atoms with Gasteiger partial charge in [0.05, 0.1) is 66.1 Å². The Balaban J connectivity index is 0.860. The Morgan fingerprint density at radius 2 is 0.712 bits per heavy atom. The molecule has 15 rings (SSSR count). The van der Waals surface area contributed by atoms with Gasteiger partial charge in [-0.15, -0.1) is 0 Å². The number of hydrogen-bond acceptors (Lipinski definition) is 19. The van der Waals surface area contributed by atoms with Crippen molar-refractivity contribution in [3.05, 3.63) is 396 Å². The maximum Gasteiger partial charge on any atom is 0.261 e. The van der Waals surface area contributed by atoms with Crippen LogP contribution in [-0.2, 0) is 149 Å². The highest BCUT2D eigenvalue weighted by molar-refractivity contribution is 6.99. The lowest BCUT2D eigenvalue weighted by Crippen LogP contribution is -2.67. The number of benzene rings is 11. The van der Waals surface area contributed by atoms with Crippen molar-refractivity contribution in [2.24, 2.45) is 0 Å². The summed E-state index contributed by atoms with van der Waals surface area (Å²) in [5.74, 6) is -3.91. The zero-order valence-electron chi connectivity index (χ0n) is 71.8. The van der Waals surface area contributed by atoms with Gasteiger partial charge >= 0.3 is 0 Å². The highest BCUT2D eigenvalue weighted by Crippen LogP contribution is 2.46. The van der Waals surface area contributed by atoms with Gasteiger partial charge in [-0.1, -0.05) is 354 Å². The molecule has 16 atom stereocenters. The molecular formula is C105H114O19Si. The van der Waals surface area contributed by atoms with Crippen LogP contribution in [0.4, 0.5) is 0 Å². The lowest BCUT2D eigenvalue weighted by Gasteiger charge is -2.48. The molecule has 652 valence electrons. The lowest BCUT2D eigenvalue weighted by molar-refractivity contribution is -0.394. The molecule has 19 nitrogen and oxygen atoms in total. The summed E-state index contributed by atoms with van der Waals surface area (Å²) in [5, 5.41) is 1.67. The first-order chi connectivity index (χ1) is 61.2. The van der Waals surface area contributed by atoms with Crippen LogP contribution < -0.4 is 10.4 Å². The van der Waals surface area contributed by atoms with Crippen molar-refractivity contribution < 1.29 is 89.7 Å². The van der Waals surface area contributed by atoms with Gasteiger partial charge in [-0.3, -0.25) is 4.79 Å². The minimum atomic E-state index is -3.37. The van der Waals surface area contributed by atoms with E-state index in [4.69, 9.17) is 85.0 Å². The fraction of sp³-hybridized carbons (Fsp3) is 0.343. The van der Waals surface area contributed by atoms with Gasteiger partial charge in [0.1, 0.15) is 86.6 Å². The molecule has 0 amide bonds. The maximum atomic E-state index is 16.4. The van der Waals surface area contributed by atoms with Crippen molar-refractivity contribution in [3.8, 4) is 0 Å². The van der Waals surface area contributed by atoms with Gasteiger partial charge in [0.2, 0.25) is 5.79 Å².